The number of para-hydroxylation sites is 1. The van der Waals surface area contributed by atoms with E-state index >= 15 is 0 Å². The molecule has 1 saturated heterocycles. The highest BCUT2D eigenvalue weighted by atomic mass is 32.2. The number of aromatic nitrogens is 2. The van der Waals surface area contributed by atoms with Gasteiger partial charge in [-0.2, -0.15) is 4.31 Å². The lowest BCUT2D eigenvalue weighted by atomic mass is 9.89. The van der Waals surface area contributed by atoms with E-state index in [1.807, 2.05) is 70.2 Å². The monoisotopic (exact) mass is 580 g/mol. The van der Waals surface area contributed by atoms with Gasteiger partial charge in [0.25, 0.3) is 5.56 Å². The molecular weight excluding hydrogens is 536 g/mol. The van der Waals surface area contributed by atoms with Crippen molar-refractivity contribution in [1.82, 2.24) is 13.7 Å². The van der Waals surface area contributed by atoms with Crippen LogP contribution in [-0.4, -0.2) is 41.1 Å². The van der Waals surface area contributed by atoms with E-state index in [2.05, 4.69) is 19.2 Å². The first-order valence-corrected chi connectivity index (χ1v) is 16.0. The van der Waals surface area contributed by atoms with E-state index in [4.69, 9.17) is 0 Å². The van der Waals surface area contributed by atoms with Gasteiger partial charge in [0.2, 0.25) is 15.9 Å². The van der Waals surface area contributed by atoms with Crippen molar-refractivity contribution in [3.05, 3.63) is 75.2 Å². The molecule has 1 aromatic heterocycles. The molecule has 0 aliphatic carbocycles. The molecule has 0 radical (unpaired) electrons. The van der Waals surface area contributed by atoms with Crippen molar-refractivity contribution in [3.63, 3.8) is 0 Å². The van der Waals surface area contributed by atoms with Crippen LogP contribution >= 0.6 is 0 Å². The fourth-order valence-corrected chi connectivity index (χ4v) is 7.82. The molecule has 1 unspecified atom stereocenters. The molecule has 2 heterocycles. The minimum absolute atomic E-state index is 0.0210. The van der Waals surface area contributed by atoms with Crippen molar-refractivity contribution in [2.24, 2.45) is 13.0 Å². The highest BCUT2D eigenvalue weighted by molar-refractivity contribution is 7.89. The number of amides is 1. The Hall–Kier alpha value is -3.17. The number of carbonyl (C=O) groups excluding carboxylic acids is 1. The minimum atomic E-state index is -3.87. The Morgan fingerprint density at radius 3 is 2.07 bits per heavy atom. The van der Waals surface area contributed by atoms with Gasteiger partial charge in [-0.1, -0.05) is 71.9 Å². The summed E-state index contributed by atoms with van der Waals surface area (Å²) in [6, 6.07) is 13.3. The van der Waals surface area contributed by atoms with Gasteiger partial charge in [-0.15, -0.1) is 0 Å². The van der Waals surface area contributed by atoms with Gasteiger partial charge >= 0.3 is 0 Å². The molecular formula is C32H44N4O4S. The van der Waals surface area contributed by atoms with Crippen LogP contribution in [0.5, 0.6) is 0 Å². The van der Waals surface area contributed by atoms with Gasteiger partial charge in [0.1, 0.15) is 5.69 Å². The summed E-state index contributed by atoms with van der Waals surface area (Å²) in [5, 5.41) is 2.86. The second kappa shape index (κ2) is 12.0. The molecule has 0 saturated carbocycles. The molecule has 8 nitrogen and oxygen atoms in total. The number of hydrogen-bond acceptors (Lipinski definition) is 4. The molecule has 4 rings (SSSR count). The van der Waals surface area contributed by atoms with Crippen LogP contribution in [0.15, 0.2) is 52.2 Å². The topological polar surface area (TPSA) is 93.4 Å². The lowest BCUT2D eigenvalue weighted by molar-refractivity contribution is -0.120. The Labute approximate surface area is 244 Å². The zero-order valence-corrected chi connectivity index (χ0v) is 26.4. The summed E-state index contributed by atoms with van der Waals surface area (Å²) in [4.78, 5) is 27.2. The SMILES string of the molecule is Cc1c(NC(=O)C2CCCN(S(=O)(=O)c3c(C(C)C)cc(C(C)C)cc3C(C)C)C2)c(=O)n(-c2ccccc2)n1C. The van der Waals surface area contributed by atoms with Gasteiger partial charge in [0.15, 0.2) is 0 Å². The van der Waals surface area contributed by atoms with E-state index in [0.29, 0.717) is 35.7 Å². The van der Waals surface area contributed by atoms with Crippen LogP contribution in [0.1, 0.15) is 94.5 Å². The fourth-order valence-electron chi connectivity index (χ4n) is 5.63. The largest absolute Gasteiger partial charge is 0.320 e. The maximum absolute atomic E-state index is 14.3. The second-order valence-electron chi connectivity index (χ2n) is 12.1. The predicted molar refractivity (Wildman–Crippen MR) is 165 cm³/mol. The quantitative estimate of drug-likeness (QED) is 0.359. The molecule has 1 aliphatic rings. The molecule has 1 aliphatic heterocycles. The predicted octanol–water partition coefficient (Wildman–Crippen LogP) is 5.89. The van der Waals surface area contributed by atoms with Crippen molar-refractivity contribution in [2.75, 3.05) is 18.4 Å². The highest BCUT2D eigenvalue weighted by Gasteiger charge is 2.37. The number of hydrogen-bond donors (Lipinski definition) is 1. The average molecular weight is 581 g/mol. The summed E-state index contributed by atoms with van der Waals surface area (Å²) in [6.45, 7) is 14.6. The summed E-state index contributed by atoms with van der Waals surface area (Å²) in [7, 11) is -2.09. The van der Waals surface area contributed by atoms with Crippen LogP contribution < -0.4 is 10.9 Å². The standard InChI is InChI=1S/C32H44N4O4S/c1-20(2)25-17-27(21(3)4)30(28(18-25)22(5)6)41(39,40)35-16-12-13-24(19-35)31(37)33-29-23(7)34(8)36(32(29)38)26-14-10-9-11-15-26/h9-11,14-15,17-18,20-22,24H,12-13,16,19H2,1-8H3,(H,33,37). The van der Waals surface area contributed by atoms with E-state index < -0.39 is 15.9 Å². The third-order valence-electron chi connectivity index (χ3n) is 8.23. The van der Waals surface area contributed by atoms with Crippen molar-refractivity contribution >= 4 is 21.6 Å². The van der Waals surface area contributed by atoms with Gasteiger partial charge in [0.05, 0.1) is 22.2 Å². The van der Waals surface area contributed by atoms with Gasteiger partial charge in [-0.3, -0.25) is 14.3 Å². The normalized spacial score (nSPS) is 16.6. The molecule has 9 heteroatoms. The summed E-state index contributed by atoms with van der Waals surface area (Å²) >= 11 is 0. The number of sulfonamides is 1. The number of nitrogens with one attached hydrogen (secondary N) is 1. The third kappa shape index (κ3) is 5.93. The zero-order valence-electron chi connectivity index (χ0n) is 25.6. The molecule has 222 valence electrons. The van der Waals surface area contributed by atoms with Crippen LogP contribution in [0.4, 0.5) is 5.69 Å². The Morgan fingerprint density at radius 2 is 1.54 bits per heavy atom. The molecule has 1 atom stereocenters. The van der Waals surface area contributed by atoms with Crippen molar-refractivity contribution in [3.8, 4) is 5.69 Å². The summed E-state index contributed by atoms with van der Waals surface area (Å²) in [5.74, 6) is -0.583. The molecule has 1 amide bonds. The first-order valence-electron chi connectivity index (χ1n) is 14.6. The second-order valence-corrected chi connectivity index (χ2v) is 14.0. The van der Waals surface area contributed by atoms with Crippen molar-refractivity contribution in [2.45, 2.75) is 84.0 Å². The zero-order chi connectivity index (χ0) is 30.2. The van der Waals surface area contributed by atoms with Gasteiger partial charge in [-0.25, -0.2) is 13.1 Å². The van der Waals surface area contributed by atoms with Gasteiger partial charge < -0.3 is 5.32 Å². The number of benzene rings is 2. The maximum Gasteiger partial charge on any atom is 0.295 e. The van der Waals surface area contributed by atoms with Gasteiger partial charge in [0, 0.05) is 20.1 Å². The minimum Gasteiger partial charge on any atom is -0.320 e. The molecule has 1 N–H and O–H groups in total. The molecule has 1 fully saturated rings. The average Bonchev–Trinajstić information content (AvgIpc) is 3.15. The third-order valence-corrected chi connectivity index (χ3v) is 10.2. The molecule has 41 heavy (non-hydrogen) atoms. The Balaban J connectivity index is 1.65. The van der Waals surface area contributed by atoms with Gasteiger partial charge in [-0.05, 0) is 66.3 Å². The van der Waals surface area contributed by atoms with Crippen molar-refractivity contribution in [1.29, 1.82) is 0 Å². The lowest BCUT2D eigenvalue weighted by Gasteiger charge is -2.33. The van der Waals surface area contributed by atoms with Crippen LogP contribution in [0.3, 0.4) is 0 Å². The smallest absolute Gasteiger partial charge is 0.295 e. The van der Waals surface area contributed by atoms with Crippen LogP contribution in [0.25, 0.3) is 5.69 Å². The summed E-state index contributed by atoms with van der Waals surface area (Å²) in [5.41, 5.74) is 4.00. The van der Waals surface area contributed by atoms with Crippen LogP contribution in [0, 0.1) is 12.8 Å². The number of piperidine rings is 1. The fraction of sp³-hybridized carbons (Fsp3) is 0.500. The molecule has 0 bridgehead atoms. The Kier molecular flexibility index (Phi) is 8.99. The first kappa shape index (κ1) is 30.8. The first-order chi connectivity index (χ1) is 19.2. The van der Waals surface area contributed by atoms with E-state index in [1.165, 1.54) is 8.99 Å². The summed E-state index contributed by atoms with van der Waals surface area (Å²) in [6.07, 6.45) is 1.12. The van der Waals surface area contributed by atoms with E-state index in [9.17, 15) is 18.0 Å². The number of carbonyl (C=O) groups is 1. The van der Waals surface area contributed by atoms with Crippen LogP contribution in [0.2, 0.25) is 0 Å². The van der Waals surface area contributed by atoms with E-state index in [-0.39, 0.29) is 41.5 Å². The molecule has 3 aromatic rings. The highest BCUT2D eigenvalue weighted by Crippen LogP contribution is 2.37. The van der Waals surface area contributed by atoms with E-state index in [1.54, 1.807) is 18.7 Å². The number of nitrogens with zero attached hydrogens (tertiary/aromatic N) is 3. The molecule has 2 aromatic carbocycles. The van der Waals surface area contributed by atoms with Crippen LogP contribution in [-0.2, 0) is 21.9 Å². The lowest BCUT2D eigenvalue weighted by Crippen LogP contribution is -2.44. The molecule has 0 spiro atoms. The Bertz CT molecular complexity index is 1550. The van der Waals surface area contributed by atoms with E-state index in [0.717, 1.165) is 16.7 Å². The maximum atomic E-state index is 14.3. The number of anilines is 1. The summed E-state index contributed by atoms with van der Waals surface area (Å²) < 4.78 is 33.3. The number of rotatable bonds is 8. The Morgan fingerprint density at radius 1 is 0.951 bits per heavy atom. The van der Waals surface area contributed by atoms with Crippen molar-refractivity contribution < 1.29 is 13.2 Å².